The summed E-state index contributed by atoms with van der Waals surface area (Å²) in [6, 6.07) is 9.44. The number of anilines is 1. The van der Waals surface area contributed by atoms with Gasteiger partial charge in [-0.3, -0.25) is 30.6 Å². The van der Waals surface area contributed by atoms with Gasteiger partial charge in [-0.15, -0.1) is 0 Å². The van der Waals surface area contributed by atoms with Crippen LogP contribution in [0.1, 0.15) is 36.4 Å². The van der Waals surface area contributed by atoms with Gasteiger partial charge in [-0.25, -0.2) is 0 Å². The number of benzene rings is 2. The average Bonchev–Trinajstić information content (AvgIpc) is 2.73. The number of hydrogen-bond donors (Lipinski definition) is 2. The number of piperidine rings is 1. The fourth-order valence-electron chi connectivity index (χ4n) is 3.37. The van der Waals surface area contributed by atoms with Crippen LogP contribution in [0.25, 0.3) is 0 Å². The highest BCUT2D eigenvalue weighted by Crippen LogP contribution is 2.35. The van der Waals surface area contributed by atoms with E-state index in [1.165, 1.54) is 4.90 Å². The number of likely N-dealkylation sites (tertiary alicyclic amines) is 1. The molecule has 1 atom stereocenters. The fourth-order valence-corrected chi connectivity index (χ4v) is 3.37. The molecule has 0 spiro atoms. The topological polar surface area (TPSA) is 105 Å². The quantitative estimate of drug-likeness (QED) is 0.529. The molecule has 1 heterocycles. The lowest BCUT2D eigenvalue weighted by atomic mass is 10.0. The van der Waals surface area contributed by atoms with E-state index in [2.05, 4.69) is 10.9 Å². The van der Waals surface area contributed by atoms with E-state index in [1.807, 2.05) is 0 Å². The summed E-state index contributed by atoms with van der Waals surface area (Å²) in [6.45, 7) is 0.367. The van der Waals surface area contributed by atoms with Gasteiger partial charge < -0.3 is 4.90 Å². The maximum absolute atomic E-state index is 13.0. The van der Waals surface area contributed by atoms with Crippen LogP contribution in [0.4, 0.5) is 24.5 Å². The van der Waals surface area contributed by atoms with Gasteiger partial charge in [0, 0.05) is 19.0 Å². The molecule has 2 amide bonds. The third-order valence-corrected chi connectivity index (χ3v) is 4.88. The molecule has 2 N–H and O–H groups in total. The number of amides is 2. The van der Waals surface area contributed by atoms with Crippen LogP contribution in [0.3, 0.4) is 0 Å². The first-order valence-corrected chi connectivity index (χ1v) is 9.44. The van der Waals surface area contributed by atoms with Crippen molar-refractivity contribution in [2.75, 3.05) is 12.0 Å². The number of nitrogens with one attached hydrogen (secondary N) is 2. The SMILES string of the molecule is O=C(NNc1ccc(C(F)(F)F)cc1[N+](=O)[O-])C(c1ccccc1)N1CCCCC1=O. The van der Waals surface area contributed by atoms with Gasteiger partial charge in [0.25, 0.3) is 11.6 Å². The minimum Gasteiger partial charge on any atom is -0.326 e. The molecule has 2 aromatic rings. The number of hydrazine groups is 1. The summed E-state index contributed by atoms with van der Waals surface area (Å²) in [7, 11) is 0. The highest BCUT2D eigenvalue weighted by molar-refractivity contribution is 5.90. The van der Waals surface area contributed by atoms with Gasteiger partial charge in [0.15, 0.2) is 0 Å². The summed E-state index contributed by atoms with van der Waals surface area (Å²) in [6.07, 6.45) is -3.01. The first kappa shape index (κ1) is 22.1. The maximum atomic E-state index is 13.0. The van der Waals surface area contributed by atoms with Crippen molar-refractivity contribution in [3.05, 3.63) is 69.8 Å². The Kier molecular flexibility index (Phi) is 6.42. The molecule has 1 aliphatic rings. The van der Waals surface area contributed by atoms with Crippen molar-refractivity contribution in [2.24, 2.45) is 0 Å². The zero-order valence-corrected chi connectivity index (χ0v) is 16.2. The summed E-state index contributed by atoms with van der Waals surface area (Å²) < 4.78 is 38.6. The number of nitro benzene ring substituents is 1. The van der Waals surface area contributed by atoms with E-state index >= 15 is 0 Å². The number of nitro groups is 1. The van der Waals surface area contributed by atoms with Crippen LogP contribution < -0.4 is 10.9 Å². The zero-order chi connectivity index (χ0) is 22.6. The average molecular weight is 436 g/mol. The lowest BCUT2D eigenvalue weighted by molar-refractivity contribution is -0.384. The molecule has 3 rings (SSSR count). The molecular formula is C20H19F3N4O4. The van der Waals surface area contributed by atoms with Crippen molar-refractivity contribution in [1.82, 2.24) is 10.3 Å². The lowest BCUT2D eigenvalue weighted by Gasteiger charge is -2.34. The summed E-state index contributed by atoms with van der Waals surface area (Å²) in [5.74, 6) is -0.869. The summed E-state index contributed by atoms with van der Waals surface area (Å²) in [4.78, 5) is 37.0. The summed E-state index contributed by atoms with van der Waals surface area (Å²) in [5.41, 5.74) is 2.83. The molecule has 0 aromatic heterocycles. The number of nitrogens with zero attached hydrogens (tertiary/aromatic N) is 2. The van der Waals surface area contributed by atoms with E-state index in [1.54, 1.807) is 30.3 Å². The fraction of sp³-hybridized carbons (Fsp3) is 0.300. The molecular weight excluding hydrogens is 417 g/mol. The van der Waals surface area contributed by atoms with E-state index < -0.39 is 34.3 Å². The molecule has 2 aromatic carbocycles. The van der Waals surface area contributed by atoms with E-state index in [9.17, 15) is 32.9 Å². The second-order valence-corrected chi connectivity index (χ2v) is 6.96. The number of halogens is 3. The van der Waals surface area contributed by atoms with E-state index in [-0.39, 0.29) is 11.6 Å². The number of alkyl halides is 3. The third kappa shape index (κ3) is 5.11. The molecule has 1 unspecified atom stereocenters. The van der Waals surface area contributed by atoms with Gasteiger partial charge in [-0.05, 0) is 30.5 Å². The molecule has 8 nitrogen and oxygen atoms in total. The molecule has 0 saturated carbocycles. The van der Waals surface area contributed by atoms with Crippen LogP contribution in [-0.2, 0) is 15.8 Å². The second kappa shape index (κ2) is 9.02. The maximum Gasteiger partial charge on any atom is 0.416 e. The molecule has 1 aliphatic heterocycles. The van der Waals surface area contributed by atoms with Crippen LogP contribution in [-0.4, -0.2) is 28.2 Å². The molecule has 164 valence electrons. The van der Waals surface area contributed by atoms with Gasteiger partial charge in [0.05, 0.1) is 10.5 Å². The molecule has 0 aliphatic carbocycles. The summed E-state index contributed by atoms with van der Waals surface area (Å²) >= 11 is 0. The summed E-state index contributed by atoms with van der Waals surface area (Å²) in [5, 5.41) is 11.2. The van der Waals surface area contributed by atoms with E-state index in [0.29, 0.717) is 37.1 Å². The van der Waals surface area contributed by atoms with Crippen molar-refractivity contribution in [1.29, 1.82) is 0 Å². The first-order chi connectivity index (χ1) is 14.7. The number of carbonyl (C=O) groups is 2. The Morgan fingerprint density at radius 1 is 1.13 bits per heavy atom. The van der Waals surface area contributed by atoms with Crippen molar-refractivity contribution < 1.29 is 27.7 Å². The Hall–Kier alpha value is -3.63. The monoisotopic (exact) mass is 436 g/mol. The standard InChI is InChI=1S/C20H19F3N4O4/c21-20(22,23)14-9-10-15(16(12-14)27(30)31)24-25-19(29)18(13-6-2-1-3-7-13)26-11-5-4-8-17(26)28/h1-3,6-7,9-10,12,18,24H,4-5,8,11H2,(H,25,29). The second-order valence-electron chi connectivity index (χ2n) is 6.96. The van der Waals surface area contributed by atoms with Crippen molar-refractivity contribution >= 4 is 23.2 Å². The normalized spacial score (nSPS) is 15.3. The van der Waals surface area contributed by atoms with Crippen LogP contribution in [0.15, 0.2) is 48.5 Å². The largest absolute Gasteiger partial charge is 0.416 e. The zero-order valence-electron chi connectivity index (χ0n) is 16.2. The van der Waals surface area contributed by atoms with Crippen LogP contribution in [0.2, 0.25) is 0 Å². The Morgan fingerprint density at radius 3 is 2.45 bits per heavy atom. The molecule has 0 radical (unpaired) electrons. The van der Waals surface area contributed by atoms with Crippen LogP contribution >= 0.6 is 0 Å². The minimum absolute atomic E-state index is 0.198. The van der Waals surface area contributed by atoms with Gasteiger partial charge in [0.2, 0.25) is 5.91 Å². The predicted octanol–water partition coefficient (Wildman–Crippen LogP) is 3.81. The highest BCUT2D eigenvalue weighted by Gasteiger charge is 2.34. The Bertz CT molecular complexity index is 982. The van der Waals surface area contributed by atoms with Crippen molar-refractivity contribution in [2.45, 2.75) is 31.5 Å². The third-order valence-electron chi connectivity index (χ3n) is 4.88. The Labute approximate surface area is 175 Å². The van der Waals surface area contributed by atoms with Crippen LogP contribution in [0, 0.1) is 10.1 Å². The van der Waals surface area contributed by atoms with Gasteiger partial charge >= 0.3 is 6.18 Å². The number of rotatable bonds is 6. The highest BCUT2D eigenvalue weighted by atomic mass is 19.4. The van der Waals surface area contributed by atoms with Gasteiger partial charge in [-0.1, -0.05) is 30.3 Å². The first-order valence-electron chi connectivity index (χ1n) is 9.44. The van der Waals surface area contributed by atoms with Crippen molar-refractivity contribution in [3.63, 3.8) is 0 Å². The van der Waals surface area contributed by atoms with Gasteiger partial charge in [-0.2, -0.15) is 13.2 Å². The van der Waals surface area contributed by atoms with E-state index in [4.69, 9.17) is 0 Å². The number of hydrogen-bond acceptors (Lipinski definition) is 5. The molecule has 11 heteroatoms. The molecule has 1 saturated heterocycles. The van der Waals surface area contributed by atoms with Crippen LogP contribution in [0.5, 0.6) is 0 Å². The lowest BCUT2D eigenvalue weighted by Crippen LogP contribution is -2.47. The van der Waals surface area contributed by atoms with Gasteiger partial charge in [0.1, 0.15) is 11.7 Å². The number of carbonyl (C=O) groups excluding carboxylic acids is 2. The Balaban J connectivity index is 1.84. The molecule has 1 fully saturated rings. The molecule has 31 heavy (non-hydrogen) atoms. The Morgan fingerprint density at radius 2 is 1.84 bits per heavy atom. The molecule has 0 bridgehead atoms. The minimum atomic E-state index is -4.75. The predicted molar refractivity (Wildman–Crippen MR) is 105 cm³/mol. The smallest absolute Gasteiger partial charge is 0.326 e. The van der Waals surface area contributed by atoms with E-state index in [0.717, 1.165) is 12.5 Å². The van der Waals surface area contributed by atoms with Crippen molar-refractivity contribution in [3.8, 4) is 0 Å².